The third kappa shape index (κ3) is 5.87. The van der Waals surface area contributed by atoms with Crippen LogP contribution in [0.3, 0.4) is 0 Å². The lowest BCUT2D eigenvalue weighted by Crippen LogP contribution is -2.42. The molecule has 0 saturated heterocycles. The Morgan fingerprint density at radius 2 is 1.65 bits per heavy atom. The smallest absolute Gasteiger partial charge is 0.325 e. The van der Waals surface area contributed by atoms with Crippen LogP contribution in [0.1, 0.15) is 46.0 Å². The summed E-state index contributed by atoms with van der Waals surface area (Å²) in [6.07, 6.45) is 3.02. The number of hydrogen-bond donors (Lipinski definition) is 3. The van der Waals surface area contributed by atoms with Gasteiger partial charge in [-0.3, -0.25) is 14.1 Å². The van der Waals surface area contributed by atoms with Crippen LogP contribution in [0.4, 0.5) is 0 Å². The quantitative estimate of drug-likeness (QED) is 0.523. The number of carboxylic acid groups (broad SMARTS) is 2. The van der Waals surface area contributed by atoms with Gasteiger partial charge >= 0.3 is 11.9 Å². The fourth-order valence-corrected chi connectivity index (χ4v) is 3.10. The maximum Gasteiger partial charge on any atom is 0.325 e. The lowest BCUT2D eigenvalue weighted by Gasteiger charge is -2.22. The van der Waals surface area contributed by atoms with Gasteiger partial charge in [-0.1, -0.05) is 39.5 Å². The number of carbonyl (C=O) groups is 2. The van der Waals surface area contributed by atoms with Crippen molar-refractivity contribution in [2.24, 2.45) is 11.8 Å². The van der Waals surface area contributed by atoms with Crippen LogP contribution in [0.2, 0.25) is 0 Å². The summed E-state index contributed by atoms with van der Waals surface area (Å²) in [6.45, 7) is 3.81. The van der Waals surface area contributed by atoms with Crippen molar-refractivity contribution in [1.82, 2.24) is 0 Å². The molecule has 0 aliphatic heterocycles. The minimum Gasteiger partial charge on any atom is -0.481 e. The second-order valence-electron chi connectivity index (χ2n) is 4.87. The zero-order chi connectivity index (χ0) is 15.9. The standard InChI is InChI=1S/C12H22O7S/c1-3-5-6-8(4-2)7-9(11(13)14)10(12(15)16)20(17,18)19/h8-10H,3-7H2,1-2H3,(H,13,14)(H,15,16)(H,17,18,19). The Balaban J connectivity index is 5.21. The summed E-state index contributed by atoms with van der Waals surface area (Å²) in [5, 5.41) is 15.7. The molecular formula is C12H22O7S. The third-order valence-electron chi connectivity index (χ3n) is 3.38. The molecule has 0 aliphatic carbocycles. The van der Waals surface area contributed by atoms with Crippen LogP contribution in [-0.2, 0) is 19.7 Å². The van der Waals surface area contributed by atoms with Gasteiger partial charge in [0.2, 0.25) is 0 Å². The average molecular weight is 310 g/mol. The molecular weight excluding hydrogens is 288 g/mol. The number of aliphatic carboxylic acids is 2. The highest BCUT2D eigenvalue weighted by Gasteiger charge is 2.43. The molecule has 0 aromatic heterocycles. The highest BCUT2D eigenvalue weighted by atomic mass is 32.2. The molecule has 0 rings (SSSR count). The molecule has 7 nitrogen and oxygen atoms in total. The zero-order valence-electron chi connectivity index (χ0n) is 11.7. The van der Waals surface area contributed by atoms with Crippen molar-refractivity contribution in [3.8, 4) is 0 Å². The van der Waals surface area contributed by atoms with Crippen molar-refractivity contribution < 1.29 is 32.8 Å². The van der Waals surface area contributed by atoms with Gasteiger partial charge in [0.05, 0.1) is 5.92 Å². The fraction of sp³-hybridized carbons (Fsp3) is 0.833. The SMILES string of the molecule is CCCCC(CC)CC(C(=O)O)C(C(=O)O)S(=O)(=O)O. The van der Waals surface area contributed by atoms with E-state index in [2.05, 4.69) is 0 Å². The molecule has 3 N–H and O–H groups in total. The van der Waals surface area contributed by atoms with Crippen molar-refractivity contribution in [3.05, 3.63) is 0 Å². The largest absolute Gasteiger partial charge is 0.481 e. The predicted octanol–water partition coefficient (Wildman–Crippen LogP) is 1.63. The third-order valence-corrected chi connectivity index (χ3v) is 4.55. The van der Waals surface area contributed by atoms with Crippen molar-refractivity contribution in [1.29, 1.82) is 0 Å². The summed E-state index contributed by atoms with van der Waals surface area (Å²) in [7, 11) is -4.96. The second-order valence-corrected chi connectivity index (χ2v) is 6.41. The molecule has 0 radical (unpaired) electrons. The molecule has 0 spiro atoms. The molecule has 3 unspecified atom stereocenters. The van der Waals surface area contributed by atoms with Crippen LogP contribution in [-0.4, -0.2) is 40.4 Å². The Hall–Kier alpha value is -1.15. The minimum atomic E-state index is -4.96. The Morgan fingerprint density at radius 3 is 1.95 bits per heavy atom. The van der Waals surface area contributed by atoms with Crippen LogP contribution in [0, 0.1) is 11.8 Å². The van der Waals surface area contributed by atoms with Gasteiger partial charge in [0.15, 0.2) is 5.25 Å². The summed E-state index contributed by atoms with van der Waals surface area (Å²) in [5.74, 6) is -5.10. The molecule has 0 heterocycles. The highest BCUT2D eigenvalue weighted by molar-refractivity contribution is 7.87. The van der Waals surface area contributed by atoms with Gasteiger partial charge in [0.1, 0.15) is 0 Å². The van der Waals surface area contributed by atoms with Crippen LogP contribution in [0.25, 0.3) is 0 Å². The Bertz CT molecular complexity index is 429. The predicted molar refractivity (Wildman–Crippen MR) is 72.0 cm³/mol. The molecule has 8 heteroatoms. The fourth-order valence-electron chi connectivity index (χ4n) is 2.20. The number of hydrogen-bond acceptors (Lipinski definition) is 4. The first-order valence-electron chi connectivity index (χ1n) is 6.56. The first-order chi connectivity index (χ1) is 9.15. The van der Waals surface area contributed by atoms with Gasteiger partial charge in [-0.05, 0) is 12.3 Å². The molecule has 0 saturated carbocycles. The van der Waals surface area contributed by atoms with E-state index in [0.29, 0.717) is 12.8 Å². The van der Waals surface area contributed by atoms with Gasteiger partial charge in [-0.25, -0.2) is 0 Å². The number of unbranched alkanes of at least 4 members (excludes halogenated alkanes) is 1. The normalized spacial score (nSPS) is 16.4. The van der Waals surface area contributed by atoms with Crippen molar-refractivity contribution in [2.75, 3.05) is 0 Å². The van der Waals surface area contributed by atoms with Crippen molar-refractivity contribution in [3.63, 3.8) is 0 Å². The number of rotatable bonds is 10. The van der Waals surface area contributed by atoms with E-state index in [4.69, 9.17) is 14.8 Å². The van der Waals surface area contributed by atoms with E-state index >= 15 is 0 Å². The van der Waals surface area contributed by atoms with Gasteiger partial charge in [-0.2, -0.15) is 8.42 Å². The summed E-state index contributed by atoms with van der Waals surface area (Å²) in [5.41, 5.74) is 0. The topological polar surface area (TPSA) is 129 Å². The second kappa shape index (κ2) is 8.21. The molecule has 0 amide bonds. The Kier molecular flexibility index (Phi) is 7.74. The van der Waals surface area contributed by atoms with E-state index in [9.17, 15) is 18.0 Å². The Morgan fingerprint density at radius 1 is 1.10 bits per heavy atom. The molecule has 3 atom stereocenters. The van der Waals surface area contributed by atoms with Crippen LogP contribution in [0.5, 0.6) is 0 Å². The first kappa shape index (κ1) is 18.9. The zero-order valence-corrected chi connectivity index (χ0v) is 12.5. The monoisotopic (exact) mass is 310 g/mol. The maximum atomic E-state index is 11.2. The van der Waals surface area contributed by atoms with Gasteiger partial charge in [-0.15, -0.1) is 0 Å². The molecule has 0 aromatic carbocycles. The van der Waals surface area contributed by atoms with Crippen LogP contribution < -0.4 is 0 Å². The molecule has 0 bridgehead atoms. The van der Waals surface area contributed by atoms with Crippen LogP contribution >= 0.6 is 0 Å². The molecule has 0 aliphatic rings. The summed E-state index contributed by atoms with van der Waals surface area (Å²) >= 11 is 0. The summed E-state index contributed by atoms with van der Waals surface area (Å²) < 4.78 is 31.2. The van der Waals surface area contributed by atoms with E-state index in [-0.39, 0.29) is 12.3 Å². The van der Waals surface area contributed by atoms with E-state index < -0.39 is 33.2 Å². The summed E-state index contributed by atoms with van der Waals surface area (Å²) in [6, 6.07) is 0. The van der Waals surface area contributed by atoms with Gasteiger partial charge < -0.3 is 10.2 Å². The summed E-state index contributed by atoms with van der Waals surface area (Å²) in [4.78, 5) is 22.2. The highest BCUT2D eigenvalue weighted by Crippen LogP contribution is 2.26. The molecule has 20 heavy (non-hydrogen) atoms. The van der Waals surface area contributed by atoms with Crippen molar-refractivity contribution >= 4 is 22.1 Å². The minimum absolute atomic E-state index is 0.0808. The molecule has 0 aromatic rings. The van der Waals surface area contributed by atoms with Gasteiger partial charge in [0, 0.05) is 0 Å². The number of carboxylic acids is 2. The van der Waals surface area contributed by atoms with Crippen LogP contribution in [0.15, 0.2) is 0 Å². The van der Waals surface area contributed by atoms with Crippen molar-refractivity contribution in [2.45, 2.75) is 51.2 Å². The lowest BCUT2D eigenvalue weighted by molar-refractivity contribution is -0.148. The first-order valence-corrected chi connectivity index (χ1v) is 8.07. The lowest BCUT2D eigenvalue weighted by atomic mass is 9.87. The Labute approximate surface area is 118 Å². The maximum absolute atomic E-state index is 11.2. The van der Waals surface area contributed by atoms with E-state index in [1.54, 1.807) is 0 Å². The van der Waals surface area contributed by atoms with E-state index in [1.807, 2.05) is 13.8 Å². The van der Waals surface area contributed by atoms with E-state index in [0.717, 1.165) is 12.8 Å². The molecule has 118 valence electrons. The van der Waals surface area contributed by atoms with Gasteiger partial charge in [0.25, 0.3) is 10.1 Å². The average Bonchev–Trinajstić information content (AvgIpc) is 2.30. The van der Waals surface area contributed by atoms with E-state index in [1.165, 1.54) is 0 Å². The molecule has 0 fully saturated rings.